The van der Waals surface area contributed by atoms with E-state index in [1.54, 1.807) is 12.1 Å². The van der Waals surface area contributed by atoms with Gasteiger partial charge in [-0.25, -0.2) is 4.39 Å². The predicted molar refractivity (Wildman–Crippen MR) is 56.2 cm³/mol. The summed E-state index contributed by atoms with van der Waals surface area (Å²) < 4.78 is 18.4. The van der Waals surface area contributed by atoms with E-state index >= 15 is 0 Å². The number of halogens is 2. The minimum Gasteiger partial charge on any atom is -0.472 e. The predicted octanol–water partition coefficient (Wildman–Crippen LogP) is 3.41. The van der Waals surface area contributed by atoms with Crippen LogP contribution in [0.5, 0.6) is 0 Å². The highest BCUT2D eigenvalue weighted by molar-refractivity contribution is 9.10. The highest BCUT2D eigenvalue weighted by Crippen LogP contribution is 2.18. The van der Waals surface area contributed by atoms with Gasteiger partial charge in [-0.1, -0.05) is 15.9 Å². The highest BCUT2D eigenvalue weighted by Gasteiger charge is 2.11. The molecule has 0 atom stereocenters. The number of hydrogen-bond acceptors (Lipinski definition) is 2. The summed E-state index contributed by atoms with van der Waals surface area (Å²) in [5.74, 6) is -0.708. The molecule has 0 fully saturated rings. The summed E-state index contributed by atoms with van der Waals surface area (Å²) in [7, 11) is 0. The topological polar surface area (TPSA) is 30.2 Å². The molecule has 0 saturated carbocycles. The Labute approximate surface area is 93.8 Å². The van der Waals surface area contributed by atoms with E-state index in [4.69, 9.17) is 4.42 Å². The van der Waals surface area contributed by atoms with Gasteiger partial charge in [0.2, 0.25) is 0 Å². The van der Waals surface area contributed by atoms with E-state index < -0.39 is 5.82 Å². The molecular weight excluding hydrogens is 263 g/mol. The highest BCUT2D eigenvalue weighted by atomic mass is 79.9. The van der Waals surface area contributed by atoms with Crippen molar-refractivity contribution in [2.45, 2.75) is 0 Å². The molecule has 76 valence electrons. The zero-order valence-corrected chi connectivity index (χ0v) is 9.12. The van der Waals surface area contributed by atoms with Crippen molar-refractivity contribution in [3.63, 3.8) is 0 Å². The average Bonchev–Trinajstić information content (AvgIpc) is 2.67. The first-order chi connectivity index (χ1) is 7.16. The van der Waals surface area contributed by atoms with Gasteiger partial charge in [0.15, 0.2) is 5.78 Å². The Morgan fingerprint density at radius 1 is 1.27 bits per heavy atom. The Bertz CT molecular complexity index is 471. The molecule has 0 saturated heterocycles. The van der Waals surface area contributed by atoms with Crippen LogP contribution in [0.3, 0.4) is 0 Å². The van der Waals surface area contributed by atoms with Crippen molar-refractivity contribution in [3.8, 4) is 0 Å². The van der Waals surface area contributed by atoms with Crippen molar-refractivity contribution in [2.24, 2.45) is 0 Å². The Kier molecular flexibility index (Phi) is 2.68. The van der Waals surface area contributed by atoms with E-state index in [-0.39, 0.29) is 5.78 Å². The van der Waals surface area contributed by atoms with E-state index in [1.807, 2.05) is 0 Å². The summed E-state index contributed by atoms with van der Waals surface area (Å²) in [6, 6.07) is 5.60. The number of carbonyl (C=O) groups excluding carboxylic acids is 1. The number of ketones is 1. The Morgan fingerprint density at radius 3 is 2.67 bits per heavy atom. The van der Waals surface area contributed by atoms with Crippen LogP contribution in [0.1, 0.15) is 15.9 Å². The quantitative estimate of drug-likeness (QED) is 0.782. The Balaban J connectivity index is 2.42. The van der Waals surface area contributed by atoms with E-state index in [1.165, 1.54) is 24.7 Å². The molecule has 0 amide bonds. The largest absolute Gasteiger partial charge is 0.472 e. The van der Waals surface area contributed by atoms with E-state index in [0.29, 0.717) is 15.6 Å². The molecule has 2 nitrogen and oxygen atoms in total. The fraction of sp³-hybridized carbons (Fsp3) is 0. The third-order valence-corrected chi connectivity index (χ3v) is 2.37. The zero-order valence-electron chi connectivity index (χ0n) is 7.54. The maximum atomic E-state index is 13.0. The lowest BCUT2D eigenvalue weighted by molar-refractivity contribution is 0.103. The molecule has 4 heteroatoms. The van der Waals surface area contributed by atoms with Gasteiger partial charge in [-0.3, -0.25) is 4.79 Å². The standard InChI is InChI=1S/C11H6BrFO2/c12-9-3-8(4-10(13)5-9)11(14)7-1-2-15-6-7/h1-6H. The van der Waals surface area contributed by atoms with Gasteiger partial charge in [-0.05, 0) is 24.3 Å². The van der Waals surface area contributed by atoms with Gasteiger partial charge in [0.25, 0.3) is 0 Å². The molecule has 0 bridgehead atoms. The SMILES string of the molecule is O=C(c1ccoc1)c1cc(F)cc(Br)c1. The fourth-order valence-electron chi connectivity index (χ4n) is 1.25. The van der Waals surface area contributed by atoms with Crippen LogP contribution in [0.15, 0.2) is 45.7 Å². The van der Waals surface area contributed by atoms with Crippen LogP contribution in [-0.2, 0) is 0 Å². The van der Waals surface area contributed by atoms with Crippen LogP contribution >= 0.6 is 15.9 Å². The molecule has 1 aromatic carbocycles. The molecule has 0 aliphatic rings. The molecule has 1 heterocycles. The molecule has 2 aromatic rings. The molecule has 2 rings (SSSR count). The number of hydrogen-bond donors (Lipinski definition) is 0. The summed E-state index contributed by atoms with van der Waals surface area (Å²) in [5.41, 5.74) is 0.704. The summed E-state index contributed by atoms with van der Waals surface area (Å²) in [6.07, 6.45) is 2.74. The lowest BCUT2D eigenvalue weighted by Gasteiger charge is -1.99. The molecule has 0 N–H and O–H groups in total. The Hall–Kier alpha value is -1.42. The summed E-state index contributed by atoms with van der Waals surface area (Å²) >= 11 is 3.13. The Morgan fingerprint density at radius 2 is 2.07 bits per heavy atom. The smallest absolute Gasteiger partial charge is 0.196 e. The minimum absolute atomic E-state index is 0.260. The van der Waals surface area contributed by atoms with Crippen molar-refractivity contribution in [3.05, 3.63) is 58.2 Å². The van der Waals surface area contributed by atoms with Gasteiger partial charge in [0, 0.05) is 10.0 Å². The van der Waals surface area contributed by atoms with Gasteiger partial charge in [-0.2, -0.15) is 0 Å². The van der Waals surface area contributed by atoms with Crippen molar-refractivity contribution in [1.82, 2.24) is 0 Å². The van der Waals surface area contributed by atoms with Gasteiger partial charge >= 0.3 is 0 Å². The first-order valence-electron chi connectivity index (χ1n) is 4.20. The molecule has 15 heavy (non-hydrogen) atoms. The third kappa shape index (κ3) is 2.15. The molecule has 0 unspecified atom stereocenters. The van der Waals surface area contributed by atoms with Crippen LogP contribution < -0.4 is 0 Å². The minimum atomic E-state index is -0.448. The van der Waals surface area contributed by atoms with Gasteiger partial charge in [-0.15, -0.1) is 0 Å². The van der Waals surface area contributed by atoms with Crippen molar-refractivity contribution in [2.75, 3.05) is 0 Å². The first-order valence-corrected chi connectivity index (χ1v) is 4.99. The second-order valence-electron chi connectivity index (χ2n) is 3.00. The average molecular weight is 269 g/mol. The van der Waals surface area contributed by atoms with E-state index in [2.05, 4.69) is 15.9 Å². The summed E-state index contributed by atoms with van der Waals surface area (Å²) in [4.78, 5) is 11.8. The molecule has 0 spiro atoms. The molecule has 0 aliphatic heterocycles. The second kappa shape index (κ2) is 3.98. The van der Waals surface area contributed by atoms with Gasteiger partial charge < -0.3 is 4.42 Å². The fourth-order valence-corrected chi connectivity index (χ4v) is 1.71. The van der Waals surface area contributed by atoms with Gasteiger partial charge in [0.05, 0.1) is 11.8 Å². The molecule has 0 aliphatic carbocycles. The summed E-state index contributed by atoms with van der Waals surface area (Å²) in [6.45, 7) is 0. The number of carbonyl (C=O) groups is 1. The number of benzene rings is 1. The lowest BCUT2D eigenvalue weighted by Crippen LogP contribution is -2.00. The maximum absolute atomic E-state index is 13.0. The first kappa shape index (κ1) is 10.1. The van der Waals surface area contributed by atoms with Gasteiger partial charge in [0.1, 0.15) is 12.1 Å². The number of rotatable bonds is 2. The third-order valence-electron chi connectivity index (χ3n) is 1.91. The van der Waals surface area contributed by atoms with Crippen LogP contribution in [0.2, 0.25) is 0 Å². The lowest BCUT2D eigenvalue weighted by atomic mass is 10.1. The maximum Gasteiger partial charge on any atom is 0.196 e. The monoisotopic (exact) mass is 268 g/mol. The number of furan rings is 1. The van der Waals surface area contributed by atoms with Crippen molar-refractivity contribution >= 4 is 21.7 Å². The molecular formula is C11H6BrFO2. The summed E-state index contributed by atoms with van der Waals surface area (Å²) in [5, 5.41) is 0. The zero-order chi connectivity index (χ0) is 10.8. The van der Waals surface area contributed by atoms with Crippen LogP contribution in [-0.4, -0.2) is 5.78 Å². The molecule has 0 radical (unpaired) electrons. The second-order valence-corrected chi connectivity index (χ2v) is 3.91. The van der Waals surface area contributed by atoms with Crippen molar-refractivity contribution in [1.29, 1.82) is 0 Å². The van der Waals surface area contributed by atoms with Crippen LogP contribution in [0.4, 0.5) is 4.39 Å². The van der Waals surface area contributed by atoms with E-state index in [9.17, 15) is 9.18 Å². The normalized spacial score (nSPS) is 10.3. The van der Waals surface area contributed by atoms with Crippen LogP contribution in [0.25, 0.3) is 0 Å². The molecule has 1 aromatic heterocycles. The van der Waals surface area contributed by atoms with Crippen LogP contribution in [0, 0.1) is 5.82 Å². The van der Waals surface area contributed by atoms with Crippen molar-refractivity contribution < 1.29 is 13.6 Å². The van der Waals surface area contributed by atoms with E-state index in [0.717, 1.165) is 0 Å².